The summed E-state index contributed by atoms with van der Waals surface area (Å²) in [5.74, 6) is -3.62. The fourth-order valence-electron chi connectivity index (χ4n) is 1.26. The number of hydrogen-bond donors (Lipinski definition) is 3. The van der Waals surface area contributed by atoms with Crippen molar-refractivity contribution < 1.29 is 24.9 Å². The highest BCUT2D eigenvalue weighted by Gasteiger charge is 2.23. The van der Waals surface area contributed by atoms with E-state index >= 15 is 0 Å². The number of aliphatic carboxylic acids is 2. The molecule has 1 aromatic rings. The van der Waals surface area contributed by atoms with E-state index in [0.717, 1.165) is 0 Å². The maximum atomic E-state index is 10.8. The lowest BCUT2D eigenvalue weighted by atomic mass is 9.96. The normalized spacial score (nSPS) is 12.0. The summed E-state index contributed by atoms with van der Waals surface area (Å²) in [7, 11) is 0. The highest BCUT2D eigenvalue weighted by molar-refractivity contribution is 5.82. The molecule has 0 saturated heterocycles. The maximum absolute atomic E-state index is 10.8. The van der Waals surface area contributed by atoms with Crippen LogP contribution in [0.5, 0.6) is 5.75 Å². The van der Waals surface area contributed by atoms with Crippen molar-refractivity contribution in [1.29, 1.82) is 0 Å². The SMILES string of the molecule is O=C(O)CC(C(=O)O)c1cccc(O)c1. The van der Waals surface area contributed by atoms with Gasteiger partial charge in [0.05, 0.1) is 12.3 Å². The van der Waals surface area contributed by atoms with E-state index in [9.17, 15) is 9.59 Å². The van der Waals surface area contributed by atoms with E-state index in [0.29, 0.717) is 0 Å². The molecule has 0 radical (unpaired) electrons. The Bertz CT molecular complexity index is 385. The van der Waals surface area contributed by atoms with E-state index in [1.165, 1.54) is 24.3 Å². The molecule has 80 valence electrons. The van der Waals surface area contributed by atoms with Crippen molar-refractivity contribution in [3.8, 4) is 5.75 Å². The first kappa shape index (κ1) is 11.0. The van der Waals surface area contributed by atoms with Crippen molar-refractivity contribution in [2.45, 2.75) is 12.3 Å². The van der Waals surface area contributed by atoms with Gasteiger partial charge in [0.1, 0.15) is 5.75 Å². The van der Waals surface area contributed by atoms with E-state index in [2.05, 4.69) is 0 Å². The van der Waals surface area contributed by atoms with Crippen molar-refractivity contribution in [2.75, 3.05) is 0 Å². The summed E-state index contributed by atoms with van der Waals surface area (Å²) in [6, 6.07) is 5.59. The average Bonchev–Trinajstić information content (AvgIpc) is 2.13. The maximum Gasteiger partial charge on any atom is 0.311 e. The Hall–Kier alpha value is -2.04. The van der Waals surface area contributed by atoms with Crippen LogP contribution in [0.1, 0.15) is 17.9 Å². The summed E-state index contributed by atoms with van der Waals surface area (Å²) in [6.07, 6.45) is -0.501. The molecule has 0 heterocycles. The Morgan fingerprint density at radius 2 is 1.93 bits per heavy atom. The zero-order valence-electron chi connectivity index (χ0n) is 7.75. The molecule has 0 aromatic heterocycles. The van der Waals surface area contributed by atoms with E-state index in [4.69, 9.17) is 15.3 Å². The van der Waals surface area contributed by atoms with Gasteiger partial charge in [-0.15, -0.1) is 0 Å². The molecule has 1 unspecified atom stereocenters. The number of phenols is 1. The molecule has 0 aliphatic heterocycles. The van der Waals surface area contributed by atoms with E-state index in [1.807, 2.05) is 0 Å². The van der Waals surface area contributed by atoms with Crippen LogP contribution >= 0.6 is 0 Å². The third-order valence-electron chi connectivity index (χ3n) is 1.95. The van der Waals surface area contributed by atoms with Crippen LogP contribution < -0.4 is 0 Å². The van der Waals surface area contributed by atoms with Gasteiger partial charge in [0.2, 0.25) is 0 Å². The van der Waals surface area contributed by atoms with Crippen LogP contribution in [-0.2, 0) is 9.59 Å². The third kappa shape index (κ3) is 2.98. The number of hydrogen-bond acceptors (Lipinski definition) is 3. The number of carboxylic acids is 2. The van der Waals surface area contributed by atoms with Gasteiger partial charge in [0, 0.05) is 0 Å². The van der Waals surface area contributed by atoms with Gasteiger partial charge < -0.3 is 15.3 Å². The van der Waals surface area contributed by atoms with Crippen molar-refractivity contribution in [3.63, 3.8) is 0 Å². The largest absolute Gasteiger partial charge is 0.508 e. The molecule has 3 N–H and O–H groups in total. The van der Waals surface area contributed by atoms with Gasteiger partial charge in [0.25, 0.3) is 0 Å². The Morgan fingerprint density at radius 1 is 1.27 bits per heavy atom. The molecule has 0 aliphatic rings. The minimum absolute atomic E-state index is 0.0795. The Labute approximate surface area is 85.6 Å². The van der Waals surface area contributed by atoms with Crippen LogP contribution in [-0.4, -0.2) is 27.3 Å². The molecule has 5 nitrogen and oxygen atoms in total. The molecule has 1 aromatic carbocycles. The first-order chi connectivity index (χ1) is 7.00. The molecule has 0 aliphatic carbocycles. The molecule has 0 fully saturated rings. The van der Waals surface area contributed by atoms with Crippen LogP contribution in [0.4, 0.5) is 0 Å². The zero-order valence-corrected chi connectivity index (χ0v) is 7.75. The molecule has 1 atom stereocenters. The summed E-state index contributed by atoms with van der Waals surface area (Å²) in [5, 5.41) is 26.5. The minimum atomic E-state index is -1.22. The minimum Gasteiger partial charge on any atom is -0.508 e. The van der Waals surface area contributed by atoms with Crippen LogP contribution in [0.25, 0.3) is 0 Å². The quantitative estimate of drug-likeness (QED) is 0.690. The molecule has 0 bridgehead atoms. The van der Waals surface area contributed by atoms with Crippen LogP contribution in [0, 0.1) is 0 Å². The fraction of sp³-hybridized carbons (Fsp3) is 0.200. The van der Waals surface area contributed by atoms with Crippen molar-refractivity contribution >= 4 is 11.9 Å². The smallest absolute Gasteiger partial charge is 0.311 e. The van der Waals surface area contributed by atoms with E-state index < -0.39 is 24.3 Å². The van der Waals surface area contributed by atoms with Gasteiger partial charge in [-0.25, -0.2) is 0 Å². The van der Waals surface area contributed by atoms with Gasteiger partial charge in [-0.05, 0) is 17.7 Å². The monoisotopic (exact) mass is 210 g/mol. The standard InChI is InChI=1S/C10H10O5/c11-7-3-1-2-6(4-7)8(10(14)15)5-9(12)13/h1-4,8,11H,5H2,(H,12,13)(H,14,15). The molecule has 0 saturated carbocycles. The molecule has 15 heavy (non-hydrogen) atoms. The molecule has 0 spiro atoms. The van der Waals surface area contributed by atoms with Crippen LogP contribution in [0.2, 0.25) is 0 Å². The second-order valence-electron chi connectivity index (χ2n) is 3.08. The topological polar surface area (TPSA) is 94.8 Å². The molecule has 5 heteroatoms. The number of aromatic hydroxyl groups is 1. The number of carboxylic acid groups (broad SMARTS) is 2. The lowest BCUT2D eigenvalue weighted by molar-refractivity contribution is -0.145. The third-order valence-corrected chi connectivity index (χ3v) is 1.95. The second-order valence-corrected chi connectivity index (χ2v) is 3.08. The Morgan fingerprint density at radius 3 is 2.40 bits per heavy atom. The number of rotatable bonds is 4. The van der Waals surface area contributed by atoms with Crippen molar-refractivity contribution in [3.05, 3.63) is 29.8 Å². The predicted molar refractivity (Wildman–Crippen MR) is 50.7 cm³/mol. The van der Waals surface area contributed by atoms with Gasteiger partial charge >= 0.3 is 11.9 Å². The first-order valence-electron chi connectivity index (χ1n) is 4.24. The number of carbonyl (C=O) groups is 2. The van der Waals surface area contributed by atoms with E-state index in [1.54, 1.807) is 0 Å². The van der Waals surface area contributed by atoms with Gasteiger partial charge in [-0.2, -0.15) is 0 Å². The summed E-state index contributed by atoms with van der Waals surface area (Å²) < 4.78 is 0. The van der Waals surface area contributed by atoms with Gasteiger partial charge in [-0.1, -0.05) is 12.1 Å². The van der Waals surface area contributed by atoms with Crippen LogP contribution in [0.3, 0.4) is 0 Å². The summed E-state index contributed by atoms with van der Waals surface area (Å²) in [4.78, 5) is 21.2. The summed E-state index contributed by atoms with van der Waals surface area (Å²) in [5.41, 5.74) is 0.282. The van der Waals surface area contributed by atoms with Gasteiger partial charge in [0.15, 0.2) is 0 Å². The van der Waals surface area contributed by atoms with Crippen molar-refractivity contribution in [1.82, 2.24) is 0 Å². The zero-order chi connectivity index (χ0) is 11.4. The number of phenolic OH excluding ortho intramolecular Hbond substituents is 1. The second kappa shape index (κ2) is 4.45. The summed E-state index contributed by atoms with van der Waals surface area (Å²) >= 11 is 0. The highest BCUT2D eigenvalue weighted by atomic mass is 16.4. The van der Waals surface area contributed by atoms with Gasteiger partial charge in [-0.3, -0.25) is 9.59 Å². The fourth-order valence-corrected chi connectivity index (χ4v) is 1.26. The first-order valence-corrected chi connectivity index (χ1v) is 4.24. The van der Waals surface area contributed by atoms with Crippen LogP contribution in [0.15, 0.2) is 24.3 Å². The van der Waals surface area contributed by atoms with Crippen molar-refractivity contribution in [2.24, 2.45) is 0 Å². The Kier molecular flexibility index (Phi) is 3.28. The molecular weight excluding hydrogens is 200 g/mol. The molecule has 0 amide bonds. The lowest BCUT2D eigenvalue weighted by Gasteiger charge is -2.09. The summed E-state index contributed by atoms with van der Waals surface area (Å²) in [6.45, 7) is 0. The van der Waals surface area contributed by atoms with E-state index in [-0.39, 0.29) is 11.3 Å². The number of benzene rings is 1. The lowest BCUT2D eigenvalue weighted by Crippen LogP contribution is -2.15. The average molecular weight is 210 g/mol. The molecular formula is C10H10O5. The highest BCUT2D eigenvalue weighted by Crippen LogP contribution is 2.23. The molecule has 1 rings (SSSR count). The predicted octanol–water partition coefficient (Wildman–Crippen LogP) is 1.04. The Balaban J connectivity index is 2.98.